The third-order valence-electron chi connectivity index (χ3n) is 3.40. The molecule has 4 N–H and O–H groups in total. The molecule has 0 aliphatic heterocycles. The van der Waals surface area contributed by atoms with Crippen molar-refractivity contribution in [2.75, 3.05) is 6.61 Å². The van der Waals surface area contributed by atoms with Gasteiger partial charge in [0.1, 0.15) is 0 Å². The van der Waals surface area contributed by atoms with E-state index < -0.39 is 11.1 Å². The lowest BCUT2D eigenvalue weighted by Crippen LogP contribution is -2.58. The second-order valence-corrected chi connectivity index (χ2v) is 5.48. The first kappa shape index (κ1) is 15.7. The first-order valence-electron chi connectivity index (χ1n) is 6.63. The van der Waals surface area contributed by atoms with Gasteiger partial charge < -0.3 is 16.2 Å². The van der Waals surface area contributed by atoms with Gasteiger partial charge in [0.15, 0.2) is 0 Å². The molecule has 0 fully saturated rings. The summed E-state index contributed by atoms with van der Waals surface area (Å²) in [6.45, 7) is 5.32. The number of hydrogen-bond donors (Lipinski definition) is 3. The fraction of sp³-hybridized carbons (Fsp3) is 0.533. The van der Waals surface area contributed by atoms with Crippen molar-refractivity contribution in [3.8, 4) is 0 Å². The molecule has 0 heterocycles. The molecule has 0 bridgehead atoms. The minimum atomic E-state index is -0.917. The summed E-state index contributed by atoms with van der Waals surface area (Å²) in [4.78, 5) is 12.3. The van der Waals surface area contributed by atoms with Gasteiger partial charge in [0.25, 0.3) is 0 Å². The molecule has 4 nitrogen and oxygen atoms in total. The zero-order valence-corrected chi connectivity index (χ0v) is 11.9. The van der Waals surface area contributed by atoms with Crippen molar-refractivity contribution in [2.45, 2.75) is 44.7 Å². The van der Waals surface area contributed by atoms with Crippen molar-refractivity contribution in [3.63, 3.8) is 0 Å². The Labute approximate surface area is 115 Å². The van der Waals surface area contributed by atoms with Crippen molar-refractivity contribution in [3.05, 3.63) is 35.9 Å². The molecule has 1 aromatic rings. The van der Waals surface area contributed by atoms with Gasteiger partial charge in [-0.15, -0.1) is 0 Å². The van der Waals surface area contributed by atoms with Gasteiger partial charge >= 0.3 is 0 Å². The van der Waals surface area contributed by atoms with Gasteiger partial charge in [0.05, 0.1) is 17.7 Å². The first-order valence-corrected chi connectivity index (χ1v) is 6.63. The van der Waals surface area contributed by atoms with E-state index in [0.717, 1.165) is 12.0 Å². The molecule has 0 aliphatic carbocycles. The highest BCUT2D eigenvalue weighted by Crippen LogP contribution is 2.21. The van der Waals surface area contributed by atoms with Crippen LogP contribution < -0.4 is 11.1 Å². The summed E-state index contributed by atoms with van der Waals surface area (Å²) in [5.41, 5.74) is 5.15. The third kappa shape index (κ3) is 3.78. The van der Waals surface area contributed by atoms with Crippen LogP contribution in [-0.2, 0) is 10.3 Å². The highest BCUT2D eigenvalue weighted by atomic mass is 16.3. The van der Waals surface area contributed by atoms with Gasteiger partial charge in [0, 0.05) is 0 Å². The summed E-state index contributed by atoms with van der Waals surface area (Å²) in [5.74, 6) is -0.241. The second-order valence-electron chi connectivity index (χ2n) is 5.48. The van der Waals surface area contributed by atoms with Crippen molar-refractivity contribution >= 4 is 5.91 Å². The lowest BCUT2D eigenvalue weighted by atomic mass is 9.89. The van der Waals surface area contributed by atoms with E-state index in [4.69, 9.17) is 5.73 Å². The predicted molar refractivity (Wildman–Crippen MR) is 76.5 cm³/mol. The number of rotatable bonds is 6. The number of aliphatic hydroxyl groups excluding tert-OH is 1. The molecule has 0 spiro atoms. The second kappa shape index (κ2) is 6.17. The summed E-state index contributed by atoms with van der Waals surface area (Å²) >= 11 is 0. The van der Waals surface area contributed by atoms with Gasteiger partial charge in [-0.3, -0.25) is 4.79 Å². The monoisotopic (exact) mass is 264 g/mol. The Morgan fingerprint density at radius 2 is 1.89 bits per heavy atom. The molecule has 1 rings (SSSR count). The topological polar surface area (TPSA) is 75.4 Å². The molecular weight excluding hydrogens is 240 g/mol. The Morgan fingerprint density at radius 1 is 1.32 bits per heavy atom. The average molecular weight is 264 g/mol. The molecule has 0 saturated heterocycles. The molecule has 4 heteroatoms. The summed E-state index contributed by atoms with van der Waals surface area (Å²) in [7, 11) is 0. The van der Waals surface area contributed by atoms with Crippen LogP contribution in [0.25, 0.3) is 0 Å². The van der Waals surface area contributed by atoms with Crippen molar-refractivity contribution in [2.24, 2.45) is 5.73 Å². The molecule has 106 valence electrons. The SMILES string of the molecule is CCCC(C)(N)C(=O)NC(C)(CO)c1ccccc1. The first-order chi connectivity index (χ1) is 8.85. The molecule has 19 heavy (non-hydrogen) atoms. The van der Waals surface area contributed by atoms with E-state index in [1.807, 2.05) is 37.3 Å². The van der Waals surface area contributed by atoms with Crippen LogP contribution in [-0.4, -0.2) is 23.2 Å². The molecule has 1 aromatic carbocycles. The molecule has 0 saturated carbocycles. The number of hydrogen-bond acceptors (Lipinski definition) is 3. The maximum Gasteiger partial charge on any atom is 0.240 e. The number of amides is 1. The van der Waals surface area contributed by atoms with E-state index in [0.29, 0.717) is 6.42 Å². The summed E-state index contributed by atoms with van der Waals surface area (Å²) in [6, 6.07) is 9.41. The van der Waals surface area contributed by atoms with Crippen molar-refractivity contribution in [1.29, 1.82) is 0 Å². The maximum absolute atomic E-state index is 12.3. The Hall–Kier alpha value is -1.39. The van der Waals surface area contributed by atoms with E-state index in [1.54, 1.807) is 13.8 Å². The molecule has 0 aromatic heterocycles. The fourth-order valence-corrected chi connectivity index (χ4v) is 2.04. The largest absolute Gasteiger partial charge is 0.394 e. The van der Waals surface area contributed by atoms with Gasteiger partial charge in [-0.2, -0.15) is 0 Å². The van der Waals surface area contributed by atoms with Gasteiger partial charge in [0.2, 0.25) is 5.91 Å². The predicted octanol–water partition coefficient (Wildman–Crippen LogP) is 1.53. The smallest absolute Gasteiger partial charge is 0.240 e. The fourth-order valence-electron chi connectivity index (χ4n) is 2.04. The van der Waals surface area contributed by atoms with E-state index in [1.165, 1.54) is 0 Å². The highest BCUT2D eigenvalue weighted by molar-refractivity contribution is 5.86. The van der Waals surface area contributed by atoms with Crippen LogP contribution in [0.4, 0.5) is 0 Å². The van der Waals surface area contributed by atoms with Crippen LogP contribution in [0, 0.1) is 0 Å². The number of carbonyl (C=O) groups is 1. The minimum absolute atomic E-state index is 0.176. The van der Waals surface area contributed by atoms with Crippen LogP contribution in [0.2, 0.25) is 0 Å². The number of nitrogens with two attached hydrogens (primary N) is 1. The molecule has 0 aliphatic rings. The molecule has 2 unspecified atom stereocenters. The Balaban J connectivity index is 2.91. The minimum Gasteiger partial charge on any atom is -0.394 e. The van der Waals surface area contributed by atoms with Crippen molar-refractivity contribution < 1.29 is 9.90 Å². The van der Waals surface area contributed by atoms with Crippen LogP contribution >= 0.6 is 0 Å². The average Bonchev–Trinajstić information content (AvgIpc) is 2.39. The zero-order valence-electron chi connectivity index (χ0n) is 11.9. The van der Waals surface area contributed by atoms with Gasteiger partial charge in [-0.25, -0.2) is 0 Å². The van der Waals surface area contributed by atoms with Crippen molar-refractivity contribution in [1.82, 2.24) is 5.32 Å². The van der Waals surface area contributed by atoms with E-state index >= 15 is 0 Å². The van der Waals surface area contributed by atoms with Crippen LogP contribution in [0.15, 0.2) is 30.3 Å². The summed E-state index contributed by atoms with van der Waals surface area (Å²) in [6.07, 6.45) is 1.44. The number of nitrogens with one attached hydrogen (secondary N) is 1. The third-order valence-corrected chi connectivity index (χ3v) is 3.40. The Morgan fingerprint density at radius 3 is 2.37 bits per heavy atom. The molecule has 2 atom stereocenters. The van der Waals surface area contributed by atoms with Crippen LogP contribution in [0.1, 0.15) is 39.2 Å². The van der Waals surface area contributed by atoms with Gasteiger partial charge in [-0.05, 0) is 25.8 Å². The lowest BCUT2D eigenvalue weighted by Gasteiger charge is -2.33. The van der Waals surface area contributed by atoms with E-state index in [2.05, 4.69) is 5.32 Å². The summed E-state index contributed by atoms with van der Waals surface area (Å²) in [5, 5.41) is 12.5. The quantitative estimate of drug-likeness (QED) is 0.729. The zero-order chi connectivity index (χ0) is 14.5. The molecular formula is C15H24N2O2. The highest BCUT2D eigenvalue weighted by Gasteiger charge is 2.34. The number of aliphatic hydroxyl groups is 1. The van der Waals surface area contributed by atoms with E-state index in [9.17, 15) is 9.90 Å². The molecule has 1 amide bonds. The standard InChI is InChI=1S/C15H24N2O2/c1-4-10-14(2,16)13(19)17-15(3,11-18)12-8-6-5-7-9-12/h5-9,18H,4,10-11,16H2,1-3H3,(H,17,19). The lowest BCUT2D eigenvalue weighted by molar-refractivity contribution is -0.128. The van der Waals surface area contributed by atoms with Crippen LogP contribution in [0.5, 0.6) is 0 Å². The van der Waals surface area contributed by atoms with Crippen LogP contribution in [0.3, 0.4) is 0 Å². The normalized spacial score (nSPS) is 17.3. The Kier molecular flexibility index (Phi) is 5.09. The van der Waals surface area contributed by atoms with E-state index in [-0.39, 0.29) is 12.5 Å². The Bertz CT molecular complexity index is 417. The van der Waals surface area contributed by atoms with Gasteiger partial charge in [-0.1, -0.05) is 43.7 Å². The summed E-state index contributed by atoms with van der Waals surface area (Å²) < 4.78 is 0. The number of carbonyl (C=O) groups excluding carboxylic acids is 1. The number of benzene rings is 1. The maximum atomic E-state index is 12.3. The molecule has 0 radical (unpaired) electrons.